The van der Waals surface area contributed by atoms with E-state index in [9.17, 15) is 4.79 Å². The molecule has 0 saturated carbocycles. The molecule has 2 aromatic carbocycles. The fraction of sp³-hybridized carbons (Fsp3) is 0. The maximum Gasteiger partial charge on any atom is 0.255 e. The van der Waals surface area contributed by atoms with Gasteiger partial charge in [-0.05, 0) is 36.4 Å². The first kappa shape index (κ1) is 13.0. The first-order chi connectivity index (χ1) is 9.10. The van der Waals surface area contributed by atoms with E-state index in [1.54, 1.807) is 36.4 Å². The molecular weight excluding hydrogens is 260 g/mol. The van der Waals surface area contributed by atoms with E-state index in [-0.39, 0.29) is 5.91 Å². The zero-order valence-corrected chi connectivity index (χ0v) is 10.7. The number of carbonyl (C=O) groups is 1. The zero-order valence-electron chi connectivity index (χ0n) is 9.98. The summed E-state index contributed by atoms with van der Waals surface area (Å²) in [5, 5.41) is 3.17. The summed E-state index contributed by atoms with van der Waals surface area (Å²) in [6.07, 6.45) is 5.30. The predicted octanol–water partition coefficient (Wildman–Crippen LogP) is 3.16. The second-order valence-electron chi connectivity index (χ2n) is 3.92. The molecule has 0 aliphatic heterocycles. The highest BCUT2D eigenvalue weighted by Crippen LogP contribution is 2.20. The minimum atomic E-state index is -0.266. The molecule has 0 aromatic heterocycles. The molecule has 0 radical (unpaired) electrons. The van der Waals surface area contributed by atoms with Crippen LogP contribution < -0.4 is 11.1 Å². The summed E-state index contributed by atoms with van der Waals surface area (Å²) in [6, 6.07) is 11.8. The van der Waals surface area contributed by atoms with E-state index >= 15 is 0 Å². The molecule has 1 amide bonds. The van der Waals surface area contributed by atoms with Gasteiger partial charge in [-0.15, -0.1) is 6.42 Å². The Kier molecular flexibility index (Phi) is 3.74. The average molecular weight is 271 g/mol. The van der Waals surface area contributed by atoms with Crippen molar-refractivity contribution in [3.63, 3.8) is 0 Å². The SMILES string of the molecule is C#Cc1cccc(NC(=O)c2ccc(Cl)c(N)c2)c1. The Morgan fingerprint density at radius 2 is 2.05 bits per heavy atom. The Morgan fingerprint density at radius 1 is 1.26 bits per heavy atom. The van der Waals surface area contributed by atoms with Gasteiger partial charge in [0.2, 0.25) is 0 Å². The van der Waals surface area contributed by atoms with Crippen LogP contribution in [0.2, 0.25) is 5.02 Å². The summed E-state index contributed by atoms with van der Waals surface area (Å²) in [5.41, 5.74) is 7.80. The molecule has 0 spiro atoms. The quantitative estimate of drug-likeness (QED) is 0.651. The Balaban J connectivity index is 2.21. The highest BCUT2D eigenvalue weighted by molar-refractivity contribution is 6.33. The number of carbonyl (C=O) groups excluding carboxylic acids is 1. The lowest BCUT2D eigenvalue weighted by Gasteiger charge is -2.07. The van der Waals surface area contributed by atoms with Crippen LogP contribution in [0.3, 0.4) is 0 Å². The van der Waals surface area contributed by atoms with Crippen molar-refractivity contribution in [1.82, 2.24) is 0 Å². The lowest BCUT2D eigenvalue weighted by molar-refractivity contribution is 0.102. The molecule has 2 aromatic rings. The van der Waals surface area contributed by atoms with Gasteiger partial charge in [-0.3, -0.25) is 4.79 Å². The van der Waals surface area contributed by atoms with E-state index < -0.39 is 0 Å². The molecule has 4 heteroatoms. The fourth-order valence-electron chi connectivity index (χ4n) is 1.57. The third-order valence-electron chi connectivity index (χ3n) is 2.55. The number of hydrogen-bond donors (Lipinski definition) is 2. The molecule has 0 aliphatic rings. The largest absolute Gasteiger partial charge is 0.398 e. The van der Waals surface area contributed by atoms with Gasteiger partial charge in [0.15, 0.2) is 0 Å². The Morgan fingerprint density at radius 3 is 2.74 bits per heavy atom. The van der Waals surface area contributed by atoms with Crippen molar-refractivity contribution in [3.05, 3.63) is 58.6 Å². The van der Waals surface area contributed by atoms with Crippen LogP contribution in [0.25, 0.3) is 0 Å². The summed E-state index contributed by atoms with van der Waals surface area (Å²) in [5.74, 6) is 2.24. The third kappa shape index (κ3) is 3.06. The van der Waals surface area contributed by atoms with E-state index in [0.29, 0.717) is 27.5 Å². The summed E-state index contributed by atoms with van der Waals surface area (Å²) in [6.45, 7) is 0. The number of anilines is 2. The van der Waals surface area contributed by atoms with Gasteiger partial charge < -0.3 is 11.1 Å². The van der Waals surface area contributed by atoms with Gasteiger partial charge in [0.1, 0.15) is 0 Å². The number of nitrogens with one attached hydrogen (secondary N) is 1. The standard InChI is InChI=1S/C15H11ClN2O/c1-2-10-4-3-5-12(8-10)18-15(19)11-6-7-13(16)14(17)9-11/h1,3-9H,17H2,(H,18,19). The van der Waals surface area contributed by atoms with Gasteiger partial charge in [-0.25, -0.2) is 0 Å². The van der Waals surface area contributed by atoms with E-state index in [2.05, 4.69) is 11.2 Å². The topological polar surface area (TPSA) is 55.1 Å². The molecule has 0 bridgehead atoms. The Bertz CT molecular complexity index is 674. The number of amides is 1. The number of nitrogen functional groups attached to an aromatic ring is 1. The van der Waals surface area contributed by atoms with Crippen molar-refractivity contribution < 1.29 is 4.79 Å². The minimum absolute atomic E-state index is 0.266. The summed E-state index contributed by atoms with van der Waals surface area (Å²) in [4.78, 5) is 12.0. The van der Waals surface area contributed by atoms with Crippen molar-refractivity contribution in [3.8, 4) is 12.3 Å². The lowest BCUT2D eigenvalue weighted by Crippen LogP contribution is -2.12. The first-order valence-corrected chi connectivity index (χ1v) is 5.91. The zero-order chi connectivity index (χ0) is 13.8. The molecule has 19 heavy (non-hydrogen) atoms. The van der Waals surface area contributed by atoms with Gasteiger partial charge in [-0.1, -0.05) is 23.6 Å². The van der Waals surface area contributed by atoms with Crippen LogP contribution in [-0.2, 0) is 0 Å². The van der Waals surface area contributed by atoms with Crippen molar-refractivity contribution in [1.29, 1.82) is 0 Å². The monoisotopic (exact) mass is 270 g/mol. The van der Waals surface area contributed by atoms with Crippen LogP contribution in [0, 0.1) is 12.3 Å². The summed E-state index contributed by atoms with van der Waals surface area (Å²) >= 11 is 5.81. The Labute approximate surface area is 116 Å². The van der Waals surface area contributed by atoms with Crippen molar-refractivity contribution in [2.24, 2.45) is 0 Å². The number of rotatable bonds is 2. The van der Waals surface area contributed by atoms with Gasteiger partial charge in [-0.2, -0.15) is 0 Å². The summed E-state index contributed by atoms with van der Waals surface area (Å²) < 4.78 is 0. The van der Waals surface area contributed by atoms with Crippen LogP contribution in [0.5, 0.6) is 0 Å². The maximum absolute atomic E-state index is 12.0. The lowest BCUT2D eigenvalue weighted by atomic mass is 10.1. The highest BCUT2D eigenvalue weighted by Gasteiger charge is 2.08. The maximum atomic E-state index is 12.0. The van der Waals surface area contributed by atoms with Crippen LogP contribution in [-0.4, -0.2) is 5.91 Å². The third-order valence-corrected chi connectivity index (χ3v) is 2.89. The second-order valence-corrected chi connectivity index (χ2v) is 4.32. The van der Waals surface area contributed by atoms with E-state index in [1.165, 1.54) is 6.07 Å². The number of benzene rings is 2. The number of nitrogens with two attached hydrogens (primary N) is 1. The summed E-state index contributed by atoms with van der Waals surface area (Å²) in [7, 11) is 0. The van der Waals surface area contributed by atoms with Gasteiger partial charge in [0, 0.05) is 16.8 Å². The number of terminal acetylenes is 1. The molecule has 3 N–H and O–H groups in total. The Hall–Kier alpha value is -2.44. The molecule has 0 saturated heterocycles. The molecule has 0 aliphatic carbocycles. The van der Waals surface area contributed by atoms with Gasteiger partial charge >= 0.3 is 0 Å². The minimum Gasteiger partial charge on any atom is -0.398 e. The molecule has 0 fully saturated rings. The number of hydrogen-bond acceptors (Lipinski definition) is 2. The van der Waals surface area contributed by atoms with E-state index in [0.717, 1.165) is 0 Å². The first-order valence-electron chi connectivity index (χ1n) is 5.53. The molecule has 0 heterocycles. The highest BCUT2D eigenvalue weighted by atomic mass is 35.5. The fourth-order valence-corrected chi connectivity index (χ4v) is 1.69. The van der Waals surface area contributed by atoms with Gasteiger partial charge in [0.25, 0.3) is 5.91 Å². The van der Waals surface area contributed by atoms with Crippen molar-refractivity contribution in [2.45, 2.75) is 0 Å². The van der Waals surface area contributed by atoms with Crippen LogP contribution in [0.15, 0.2) is 42.5 Å². The normalized spacial score (nSPS) is 9.68. The second kappa shape index (κ2) is 5.47. The van der Waals surface area contributed by atoms with E-state index in [4.69, 9.17) is 23.8 Å². The van der Waals surface area contributed by atoms with Crippen LogP contribution in [0.1, 0.15) is 15.9 Å². The van der Waals surface area contributed by atoms with Crippen molar-refractivity contribution in [2.75, 3.05) is 11.1 Å². The molecule has 2 rings (SSSR count). The van der Waals surface area contributed by atoms with E-state index in [1.807, 2.05) is 0 Å². The molecule has 0 unspecified atom stereocenters. The smallest absolute Gasteiger partial charge is 0.255 e. The van der Waals surface area contributed by atoms with Crippen LogP contribution in [0.4, 0.5) is 11.4 Å². The van der Waals surface area contributed by atoms with Crippen molar-refractivity contribution >= 4 is 28.9 Å². The molecule has 0 atom stereocenters. The molecule has 3 nitrogen and oxygen atoms in total. The predicted molar refractivity (Wildman–Crippen MR) is 78.2 cm³/mol. The molecule has 94 valence electrons. The average Bonchev–Trinajstić information content (AvgIpc) is 2.42. The molecular formula is C15H11ClN2O. The van der Waals surface area contributed by atoms with Crippen LogP contribution >= 0.6 is 11.6 Å². The van der Waals surface area contributed by atoms with Gasteiger partial charge in [0.05, 0.1) is 10.7 Å². The number of halogens is 1.